The highest BCUT2D eigenvalue weighted by atomic mass is 35.5. The minimum Gasteiger partial charge on any atom is -0.389 e. The van der Waals surface area contributed by atoms with Crippen LogP contribution in [0.4, 0.5) is 4.79 Å². The number of nitrogens with one attached hydrogen (secondary N) is 1. The molecular formula is C16H23ClN2O2. The van der Waals surface area contributed by atoms with Gasteiger partial charge in [0.2, 0.25) is 0 Å². The molecule has 1 aromatic rings. The number of halogens is 1. The van der Waals surface area contributed by atoms with Crippen LogP contribution < -0.4 is 5.32 Å². The number of benzene rings is 1. The van der Waals surface area contributed by atoms with E-state index in [0.29, 0.717) is 13.1 Å². The average Bonchev–Trinajstić information content (AvgIpc) is 3.16. The number of aliphatic hydroxyl groups is 1. The zero-order chi connectivity index (χ0) is 15.7. The van der Waals surface area contributed by atoms with Crippen molar-refractivity contribution in [2.45, 2.75) is 37.7 Å². The van der Waals surface area contributed by atoms with Crippen molar-refractivity contribution in [3.8, 4) is 0 Å². The second-order valence-electron chi connectivity index (χ2n) is 6.61. The summed E-state index contributed by atoms with van der Waals surface area (Å²) in [6, 6.07) is 7.68. The monoisotopic (exact) mass is 310 g/mol. The first kappa shape index (κ1) is 16.1. The fourth-order valence-corrected chi connectivity index (χ4v) is 2.68. The van der Waals surface area contributed by atoms with Crippen molar-refractivity contribution in [1.29, 1.82) is 0 Å². The summed E-state index contributed by atoms with van der Waals surface area (Å²) in [6.07, 6.45) is 2.15. The maximum Gasteiger partial charge on any atom is 0.317 e. The lowest BCUT2D eigenvalue weighted by atomic mass is 9.96. The quantitative estimate of drug-likeness (QED) is 0.878. The Hall–Kier alpha value is -1.26. The number of nitrogens with zero attached hydrogens (tertiary/aromatic N) is 1. The molecule has 0 bridgehead atoms. The molecule has 2 amide bonds. The van der Waals surface area contributed by atoms with Crippen LogP contribution in [0, 0.1) is 0 Å². The number of amides is 2. The Morgan fingerprint density at radius 1 is 1.38 bits per heavy atom. The summed E-state index contributed by atoms with van der Waals surface area (Å²) in [5.41, 5.74) is 0.382. The molecule has 0 atom stereocenters. The maximum absolute atomic E-state index is 12.1. The third-order valence-electron chi connectivity index (χ3n) is 3.86. The first-order chi connectivity index (χ1) is 9.72. The van der Waals surface area contributed by atoms with Crippen molar-refractivity contribution in [2.75, 3.05) is 20.1 Å². The van der Waals surface area contributed by atoms with E-state index in [0.717, 1.165) is 17.9 Å². The van der Waals surface area contributed by atoms with Crippen LogP contribution in [0.1, 0.15) is 32.3 Å². The fourth-order valence-electron chi connectivity index (χ4n) is 2.55. The Bertz CT molecular complexity index is 504. The molecular weight excluding hydrogens is 288 g/mol. The predicted molar refractivity (Wildman–Crippen MR) is 84.7 cm³/mol. The smallest absolute Gasteiger partial charge is 0.317 e. The number of carbonyl (C=O) groups excluding carboxylic acids is 1. The molecule has 1 aliphatic rings. The van der Waals surface area contributed by atoms with Gasteiger partial charge in [-0.3, -0.25) is 0 Å². The van der Waals surface area contributed by atoms with E-state index in [9.17, 15) is 9.90 Å². The largest absolute Gasteiger partial charge is 0.389 e. The lowest BCUT2D eigenvalue weighted by Gasteiger charge is -2.26. The number of likely N-dealkylation sites (N-methyl/N-ethyl adjacent to an activating group) is 1. The van der Waals surface area contributed by atoms with Crippen molar-refractivity contribution in [1.82, 2.24) is 10.2 Å². The van der Waals surface area contributed by atoms with E-state index >= 15 is 0 Å². The maximum atomic E-state index is 12.1. The number of urea groups is 1. The number of carbonyl (C=O) groups is 1. The van der Waals surface area contributed by atoms with Gasteiger partial charge in [0, 0.05) is 24.0 Å². The van der Waals surface area contributed by atoms with Crippen molar-refractivity contribution in [2.24, 2.45) is 0 Å². The lowest BCUT2D eigenvalue weighted by molar-refractivity contribution is 0.0531. The van der Waals surface area contributed by atoms with Crippen molar-refractivity contribution in [3.05, 3.63) is 34.9 Å². The van der Waals surface area contributed by atoms with Gasteiger partial charge >= 0.3 is 6.03 Å². The van der Waals surface area contributed by atoms with Gasteiger partial charge in [-0.2, -0.15) is 0 Å². The van der Waals surface area contributed by atoms with E-state index in [4.69, 9.17) is 11.6 Å². The average molecular weight is 311 g/mol. The summed E-state index contributed by atoms with van der Waals surface area (Å²) in [5.74, 6) is 0. The Morgan fingerprint density at radius 2 is 1.95 bits per heavy atom. The molecule has 1 saturated carbocycles. The summed E-state index contributed by atoms with van der Waals surface area (Å²) in [5, 5.41) is 13.4. The molecule has 4 nitrogen and oxygen atoms in total. The van der Waals surface area contributed by atoms with Crippen LogP contribution in [0.15, 0.2) is 24.3 Å². The molecule has 1 fully saturated rings. The molecule has 0 unspecified atom stereocenters. The summed E-state index contributed by atoms with van der Waals surface area (Å²) in [4.78, 5) is 13.6. The molecule has 0 heterocycles. The topological polar surface area (TPSA) is 52.6 Å². The van der Waals surface area contributed by atoms with E-state index in [-0.39, 0.29) is 11.4 Å². The molecule has 0 spiro atoms. The Labute approximate surface area is 131 Å². The minimum atomic E-state index is -0.889. The summed E-state index contributed by atoms with van der Waals surface area (Å²) < 4.78 is 0. The summed E-state index contributed by atoms with van der Waals surface area (Å²) in [6.45, 7) is 4.29. The van der Waals surface area contributed by atoms with Crippen LogP contribution in [0.25, 0.3) is 0 Å². The third kappa shape index (κ3) is 4.35. The van der Waals surface area contributed by atoms with E-state index in [2.05, 4.69) is 5.32 Å². The van der Waals surface area contributed by atoms with Crippen LogP contribution in [0.3, 0.4) is 0 Å². The zero-order valence-corrected chi connectivity index (χ0v) is 13.6. The second kappa shape index (κ2) is 5.85. The highest BCUT2D eigenvalue weighted by molar-refractivity contribution is 6.30. The number of rotatable bonds is 5. The first-order valence-corrected chi connectivity index (χ1v) is 7.57. The zero-order valence-electron chi connectivity index (χ0n) is 12.8. The van der Waals surface area contributed by atoms with Gasteiger partial charge < -0.3 is 15.3 Å². The van der Waals surface area contributed by atoms with Crippen molar-refractivity contribution >= 4 is 17.6 Å². The highest BCUT2D eigenvalue weighted by Crippen LogP contribution is 2.47. The Kier molecular flexibility index (Phi) is 4.49. The lowest BCUT2D eigenvalue weighted by Crippen LogP contribution is -2.46. The molecule has 0 saturated heterocycles. The van der Waals surface area contributed by atoms with Crippen LogP contribution in [-0.4, -0.2) is 41.8 Å². The summed E-state index contributed by atoms with van der Waals surface area (Å²) in [7, 11) is 1.69. The molecule has 5 heteroatoms. The molecule has 0 aromatic heterocycles. The standard InChI is InChI=1S/C16H23ClN2O2/c1-15(2,21)11-19(3)14(20)18-10-16(8-9-16)12-4-6-13(17)7-5-12/h4-7,21H,8-11H2,1-3H3,(H,18,20). The van der Waals surface area contributed by atoms with E-state index < -0.39 is 5.60 Å². The van der Waals surface area contributed by atoms with Crippen molar-refractivity contribution in [3.63, 3.8) is 0 Å². The highest BCUT2D eigenvalue weighted by Gasteiger charge is 2.44. The van der Waals surface area contributed by atoms with E-state index in [1.165, 1.54) is 10.5 Å². The Morgan fingerprint density at radius 3 is 2.43 bits per heavy atom. The molecule has 2 N–H and O–H groups in total. The van der Waals surface area contributed by atoms with Gasteiger partial charge in [0.05, 0.1) is 12.1 Å². The number of hydrogen-bond donors (Lipinski definition) is 2. The van der Waals surface area contributed by atoms with Gasteiger partial charge in [-0.25, -0.2) is 4.79 Å². The second-order valence-corrected chi connectivity index (χ2v) is 7.05. The normalized spacial score (nSPS) is 16.4. The van der Waals surface area contributed by atoms with Crippen LogP contribution in [0.2, 0.25) is 5.02 Å². The molecule has 2 rings (SSSR count). The van der Waals surface area contributed by atoms with E-state index in [1.54, 1.807) is 20.9 Å². The SMILES string of the molecule is CN(CC(C)(C)O)C(=O)NCC1(c2ccc(Cl)cc2)CC1. The predicted octanol–water partition coefficient (Wildman–Crippen LogP) is 2.78. The van der Waals surface area contributed by atoms with E-state index in [1.807, 2.05) is 24.3 Å². The van der Waals surface area contributed by atoms with Gasteiger partial charge in [-0.05, 0) is 44.4 Å². The van der Waals surface area contributed by atoms with Gasteiger partial charge in [-0.15, -0.1) is 0 Å². The third-order valence-corrected chi connectivity index (χ3v) is 4.11. The molecule has 116 valence electrons. The Balaban J connectivity index is 1.90. The van der Waals surface area contributed by atoms with Crippen molar-refractivity contribution < 1.29 is 9.90 Å². The van der Waals surface area contributed by atoms with Gasteiger partial charge in [0.1, 0.15) is 0 Å². The van der Waals surface area contributed by atoms with Gasteiger partial charge in [-0.1, -0.05) is 23.7 Å². The van der Waals surface area contributed by atoms with Gasteiger partial charge in [0.25, 0.3) is 0 Å². The molecule has 1 aromatic carbocycles. The van der Waals surface area contributed by atoms with Gasteiger partial charge in [0.15, 0.2) is 0 Å². The number of hydrogen-bond acceptors (Lipinski definition) is 2. The molecule has 1 aliphatic carbocycles. The van der Waals surface area contributed by atoms with Crippen LogP contribution >= 0.6 is 11.6 Å². The molecule has 0 aliphatic heterocycles. The molecule has 0 radical (unpaired) electrons. The summed E-state index contributed by atoms with van der Waals surface area (Å²) >= 11 is 5.91. The first-order valence-electron chi connectivity index (χ1n) is 7.19. The molecule has 21 heavy (non-hydrogen) atoms. The fraction of sp³-hybridized carbons (Fsp3) is 0.562. The van der Waals surface area contributed by atoms with Crippen LogP contribution in [0.5, 0.6) is 0 Å². The van der Waals surface area contributed by atoms with Crippen LogP contribution in [-0.2, 0) is 5.41 Å². The minimum absolute atomic E-state index is 0.0514.